The van der Waals surface area contributed by atoms with Gasteiger partial charge in [0.15, 0.2) is 0 Å². The number of aryl methyl sites for hydroxylation is 2. The molecule has 3 amide bonds. The summed E-state index contributed by atoms with van der Waals surface area (Å²) in [7, 11) is 3.17. The van der Waals surface area contributed by atoms with Crippen LogP contribution < -0.4 is 10.1 Å². The quantitative estimate of drug-likeness (QED) is 0.792. The average molecular weight is 426 g/mol. The molecule has 4 heterocycles. The number of rotatable bonds is 2. The van der Waals surface area contributed by atoms with E-state index in [-0.39, 0.29) is 24.3 Å². The van der Waals surface area contributed by atoms with E-state index in [1.54, 1.807) is 11.9 Å². The summed E-state index contributed by atoms with van der Waals surface area (Å²) in [4.78, 5) is 46.9. The van der Waals surface area contributed by atoms with E-state index in [1.165, 1.54) is 23.3 Å². The standard InChI is InChI=1S/C21H22N4O4S/c1-24-10-16(26)23-19-17(21(24)28)12-6-7-25(9-15(12)30-19)20(27)13-8-11-4-3-5-14(11)22-18(13)29-2/h8H,3-7,9-10H2,1-2H3,(H,23,26). The van der Waals surface area contributed by atoms with Crippen LogP contribution in [0.15, 0.2) is 6.07 Å². The van der Waals surface area contributed by atoms with Crippen molar-refractivity contribution in [2.24, 2.45) is 0 Å². The van der Waals surface area contributed by atoms with Crippen molar-refractivity contribution in [3.63, 3.8) is 0 Å². The maximum atomic E-state index is 13.3. The Kier molecular flexibility index (Phi) is 4.50. The molecule has 0 atom stereocenters. The SMILES string of the molecule is COc1nc2c(cc1C(=O)N1CCc3c(sc4c3C(=O)N(C)CC(=O)N4)C1)CCC2. The van der Waals surface area contributed by atoms with Crippen molar-refractivity contribution < 1.29 is 19.1 Å². The van der Waals surface area contributed by atoms with Crippen LogP contribution in [0.4, 0.5) is 5.00 Å². The van der Waals surface area contributed by atoms with Crippen molar-refractivity contribution in [2.75, 3.05) is 32.6 Å². The van der Waals surface area contributed by atoms with Gasteiger partial charge in [0.05, 0.1) is 25.8 Å². The van der Waals surface area contributed by atoms with E-state index < -0.39 is 0 Å². The number of fused-ring (bicyclic) bond motifs is 4. The minimum Gasteiger partial charge on any atom is -0.480 e. The van der Waals surface area contributed by atoms with Crippen LogP contribution in [0, 0.1) is 0 Å². The number of ether oxygens (including phenoxy) is 1. The molecule has 2 aromatic heterocycles. The highest BCUT2D eigenvalue weighted by Gasteiger charge is 2.35. The van der Waals surface area contributed by atoms with E-state index in [1.807, 2.05) is 6.07 Å². The van der Waals surface area contributed by atoms with Crippen LogP contribution in [-0.4, -0.2) is 59.8 Å². The molecule has 0 fully saturated rings. The number of nitrogens with zero attached hydrogens (tertiary/aromatic N) is 3. The number of thiophene rings is 1. The lowest BCUT2D eigenvalue weighted by molar-refractivity contribution is -0.116. The van der Waals surface area contributed by atoms with Crippen molar-refractivity contribution in [3.05, 3.63) is 38.9 Å². The van der Waals surface area contributed by atoms with Crippen molar-refractivity contribution in [1.29, 1.82) is 0 Å². The van der Waals surface area contributed by atoms with Gasteiger partial charge in [-0.05, 0) is 42.9 Å². The summed E-state index contributed by atoms with van der Waals surface area (Å²) in [5.41, 5.74) is 4.15. The minimum atomic E-state index is -0.204. The molecule has 3 aliphatic rings. The number of carbonyl (C=O) groups is 3. The molecular weight excluding hydrogens is 404 g/mol. The normalized spacial score (nSPS) is 17.8. The summed E-state index contributed by atoms with van der Waals surface area (Å²) < 4.78 is 5.42. The highest BCUT2D eigenvalue weighted by atomic mass is 32.1. The van der Waals surface area contributed by atoms with E-state index in [9.17, 15) is 14.4 Å². The van der Waals surface area contributed by atoms with E-state index in [0.29, 0.717) is 41.5 Å². The van der Waals surface area contributed by atoms with E-state index in [2.05, 4.69) is 10.3 Å². The molecule has 2 aromatic rings. The Hall–Kier alpha value is -2.94. The van der Waals surface area contributed by atoms with Crippen molar-refractivity contribution in [2.45, 2.75) is 32.2 Å². The zero-order chi connectivity index (χ0) is 21.0. The van der Waals surface area contributed by atoms with E-state index in [4.69, 9.17) is 4.74 Å². The Morgan fingerprint density at radius 1 is 1.23 bits per heavy atom. The maximum absolute atomic E-state index is 13.3. The molecule has 5 rings (SSSR count). The second-order valence-electron chi connectivity index (χ2n) is 7.90. The number of hydrogen-bond acceptors (Lipinski definition) is 6. The third-order valence-corrected chi connectivity index (χ3v) is 7.11. The number of amides is 3. The fourth-order valence-electron chi connectivity index (χ4n) is 4.47. The first-order valence-corrected chi connectivity index (χ1v) is 10.8. The van der Waals surface area contributed by atoms with Gasteiger partial charge >= 0.3 is 0 Å². The Labute approximate surface area is 177 Å². The van der Waals surface area contributed by atoms with E-state index in [0.717, 1.165) is 41.0 Å². The molecule has 0 spiro atoms. The summed E-state index contributed by atoms with van der Waals surface area (Å²) in [6, 6.07) is 1.92. The predicted molar refractivity (Wildman–Crippen MR) is 111 cm³/mol. The molecule has 1 N–H and O–H groups in total. The first-order chi connectivity index (χ1) is 14.5. The Morgan fingerprint density at radius 2 is 2.07 bits per heavy atom. The number of nitrogens with one attached hydrogen (secondary N) is 1. The monoisotopic (exact) mass is 426 g/mol. The van der Waals surface area contributed by atoms with Gasteiger partial charge in [0.2, 0.25) is 11.8 Å². The molecule has 156 valence electrons. The number of hydrogen-bond donors (Lipinski definition) is 1. The van der Waals surface area contributed by atoms with Gasteiger partial charge in [-0.2, -0.15) is 0 Å². The van der Waals surface area contributed by atoms with Crippen LogP contribution in [0.3, 0.4) is 0 Å². The number of aromatic nitrogens is 1. The Balaban J connectivity index is 1.46. The van der Waals surface area contributed by atoms with Crippen molar-refractivity contribution >= 4 is 34.1 Å². The van der Waals surface area contributed by atoms with Crippen molar-refractivity contribution in [1.82, 2.24) is 14.8 Å². The lowest BCUT2D eigenvalue weighted by Gasteiger charge is -2.28. The van der Waals surface area contributed by atoms with Crippen LogP contribution in [0.5, 0.6) is 5.88 Å². The minimum absolute atomic E-state index is 0.0464. The summed E-state index contributed by atoms with van der Waals surface area (Å²) in [6.07, 6.45) is 3.47. The van der Waals surface area contributed by atoms with Crippen LogP contribution in [0.25, 0.3) is 0 Å². The fraction of sp³-hybridized carbons (Fsp3) is 0.429. The molecule has 30 heavy (non-hydrogen) atoms. The molecule has 0 saturated heterocycles. The van der Waals surface area contributed by atoms with E-state index >= 15 is 0 Å². The van der Waals surface area contributed by atoms with Crippen LogP contribution >= 0.6 is 11.3 Å². The average Bonchev–Trinajstić information content (AvgIpc) is 3.31. The van der Waals surface area contributed by atoms with Crippen LogP contribution in [0.2, 0.25) is 0 Å². The zero-order valence-corrected chi connectivity index (χ0v) is 17.7. The maximum Gasteiger partial charge on any atom is 0.259 e. The van der Waals surface area contributed by atoms with Crippen LogP contribution in [0.1, 0.15) is 48.8 Å². The largest absolute Gasteiger partial charge is 0.480 e. The lowest BCUT2D eigenvalue weighted by atomic mass is 10.0. The molecule has 0 aromatic carbocycles. The van der Waals surface area contributed by atoms with Crippen molar-refractivity contribution in [3.8, 4) is 5.88 Å². The predicted octanol–water partition coefficient (Wildman–Crippen LogP) is 1.86. The second-order valence-corrected chi connectivity index (χ2v) is 9.00. The topological polar surface area (TPSA) is 91.8 Å². The Morgan fingerprint density at radius 3 is 2.87 bits per heavy atom. The molecule has 0 radical (unpaired) electrons. The molecule has 2 aliphatic heterocycles. The van der Waals surface area contributed by atoms with Gasteiger partial charge in [0.1, 0.15) is 10.6 Å². The van der Waals surface area contributed by atoms with Gasteiger partial charge in [0, 0.05) is 24.2 Å². The lowest BCUT2D eigenvalue weighted by Crippen LogP contribution is -2.37. The third kappa shape index (κ3) is 2.96. The number of anilines is 1. The second kappa shape index (κ2) is 7.09. The molecule has 8 nitrogen and oxygen atoms in total. The molecule has 1 aliphatic carbocycles. The molecule has 0 unspecified atom stereocenters. The van der Waals surface area contributed by atoms with Gasteiger partial charge in [0.25, 0.3) is 11.8 Å². The molecule has 0 bridgehead atoms. The first-order valence-electron chi connectivity index (χ1n) is 10.0. The number of pyridine rings is 1. The first kappa shape index (κ1) is 19.0. The number of methoxy groups -OCH3 is 1. The third-order valence-electron chi connectivity index (χ3n) is 5.98. The zero-order valence-electron chi connectivity index (χ0n) is 16.9. The summed E-state index contributed by atoms with van der Waals surface area (Å²) >= 11 is 1.39. The fourth-order valence-corrected chi connectivity index (χ4v) is 5.74. The van der Waals surface area contributed by atoms with Crippen LogP contribution in [-0.2, 0) is 30.6 Å². The van der Waals surface area contributed by atoms with Gasteiger partial charge in [-0.25, -0.2) is 4.98 Å². The number of carbonyl (C=O) groups excluding carboxylic acids is 3. The molecule has 0 saturated carbocycles. The Bertz CT molecular complexity index is 1090. The summed E-state index contributed by atoms with van der Waals surface area (Å²) in [6.45, 7) is 0.948. The molecule has 9 heteroatoms. The number of likely N-dealkylation sites (N-methyl/N-ethyl adjacent to an activating group) is 1. The smallest absolute Gasteiger partial charge is 0.259 e. The van der Waals surface area contributed by atoms with Gasteiger partial charge in [-0.15, -0.1) is 11.3 Å². The highest BCUT2D eigenvalue weighted by Crippen LogP contribution is 2.39. The van der Waals surface area contributed by atoms with Gasteiger partial charge in [-0.3, -0.25) is 14.4 Å². The van der Waals surface area contributed by atoms with Gasteiger partial charge in [-0.1, -0.05) is 0 Å². The highest BCUT2D eigenvalue weighted by molar-refractivity contribution is 7.17. The van der Waals surface area contributed by atoms with Gasteiger partial charge < -0.3 is 19.9 Å². The summed E-state index contributed by atoms with van der Waals surface area (Å²) in [5, 5.41) is 3.43. The molecular formula is C21H22N4O4S. The summed E-state index contributed by atoms with van der Waals surface area (Å²) in [5.74, 6) is -0.0940.